The molecule has 0 bridgehead atoms. The number of aromatic nitrogens is 1. The topological polar surface area (TPSA) is 42.4 Å². The van der Waals surface area contributed by atoms with Gasteiger partial charge in [-0.15, -0.1) is 24.5 Å². The monoisotopic (exact) mass is 420 g/mol. The predicted octanol–water partition coefficient (Wildman–Crippen LogP) is 4.83. The van der Waals surface area contributed by atoms with E-state index in [-0.39, 0.29) is 30.2 Å². The third-order valence-electron chi connectivity index (χ3n) is 4.16. The number of nitrogens with zero attached hydrogens (tertiary/aromatic N) is 2. The first-order valence-corrected chi connectivity index (χ1v) is 9.73. The number of alkyl halides is 3. The van der Waals surface area contributed by atoms with Crippen LogP contribution in [0.15, 0.2) is 60.0 Å². The molecule has 0 saturated carbocycles. The molecule has 29 heavy (non-hydrogen) atoms. The lowest BCUT2D eigenvalue weighted by atomic mass is 10.1. The minimum Gasteiger partial charge on any atom is -0.405 e. The van der Waals surface area contributed by atoms with Gasteiger partial charge >= 0.3 is 6.36 Å². The lowest BCUT2D eigenvalue weighted by Crippen LogP contribution is -2.28. The fourth-order valence-electron chi connectivity index (χ4n) is 2.77. The number of benzene rings is 2. The highest BCUT2D eigenvalue weighted by molar-refractivity contribution is 7.09. The molecule has 0 aliphatic heterocycles. The Bertz CT molecular complexity index is 958. The lowest BCUT2D eigenvalue weighted by Gasteiger charge is -2.19. The van der Waals surface area contributed by atoms with Crippen molar-refractivity contribution in [2.75, 3.05) is 7.05 Å². The standard InChI is InChI=1S/C21H19F3N2O2S/c1-26(13-16-9-5-6-10-18(16)28-21(22,23)24)20(27)12-17-14-29-19(25-17)11-15-7-3-2-4-8-15/h2-10,14H,11-13H2,1H3. The van der Waals surface area contributed by atoms with Gasteiger partial charge in [-0.2, -0.15) is 0 Å². The van der Waals surface area contributed by atoms with Gasteiger partial charge in [-0.25, -0.2) is 4.98 Å². The number of hydrogen-bond donors (Lipinski definition) is 0. The van der Waals surface area contributed by atoms with E-state index in [1.165, 1.54) is 34.4 Å². The van der Waals surface area contributed by atoms with Crippen LogP contribution in [-0.4, -0.2) is 29.2 Å². The normalized spacial score (nSPS) is 11.3. The van der Waals surface area contributed by atoms with Crippen molar-refractivity contribution in [1.82, 2.24) is 9.88 Å². The van der Waals surface area contributed by atoms with Crippen LogP contribution in [0.4, 0.5) is 13.2 Å². The zero-order valence-corrected chi connectivity index (χ0v) is 16.5. The van der Waals surface area contributed by atoms with Gasteiger partial charge in [0.05, 0.1) is 17.1 Å². The second kappa shape index (κ2) is 9.09. The van der Waals surface area contributed by atoms with Crippen LogP contribution in [0.5, 0.6) is 5.75 Å². The first kappa shape index (κ1) is 20.9. The number of amides is 1. The van der Waals surface area contributed by atoms with Crippen LogP contribution in [0.1, 0.15) is 21.8 Å². The first-order valence-electron chi connectivity index (χ1n) is 8.85. The van der Waals surface area contributed by atoms with Gasteiger partial charge in [-0.3, -0.25) is 4.79 Å². The van der Waals surface area contributed by atoms with Crippen LogP contribution < -0.4 is 4.74 Å². The molecular weight excluding hydrogens is 401 g/mol. The summed E-state index contributed by atoms with van der Waals surface area (Å²) in [5.41, 5.74) is 2.07. The molecule has 4 nitrogen and oxygen atoms in total. The number of rotatable bonds is 7. The maximum Gasteiger partial charge on any atom is 0.573 e. The van der Waals surface area contributed by atoms with Crippen molar-refractivity contribution < 1.29 is 22.7 Å². The maximum atomic E-state index is 12.6. The third kappa shape index (κ3) is 6.32. The van der Waals surface area contributed by atoms with Crippen molar-refractivity contribution in [3.63, 3.8) is 0 Å². The highest BCUT2D eigenvalue weighted by Gasteiger charge is 2.32. The minimum absolute atomic E-state index is 0.00605. The van der Waals surface area contributed by atoms with E-state index >= 15 is 0 Å². The molecule has 0 fully saturated rings. The number of halogens is 3. The molecule has 0 N–H and O–H groups in total. The number of carbonyl (C=O) groups is 1. The van der Waals surface area contributed by atoms with E-state index in [1.54, 1.807) is 13.1 Å². The number of para-hydroxylation sites is 1. The zero-order chi connectivity index (χ0) is 20.9. The molecule has 2 aromatic carbocycles. The SMILES string of the molecule is CN(Cc1ccccc1OC(F)(F)F)C(=O)Cc1csc(Cc2ccccc2)n1. The van der Waals surface area contributed by atoms with Gasteiger partial charge in [0, 0.05) is 31.0 Å². The molecule has 0 atom stereocenters. The Morgan fingerprint density at radius 1 is 1.10 bits per heavy atom. The van der Waals surface area contributed by atoms with Crippen LogP contribution in [0, 0.1) is 0 Å². The molecule has 0 spiro atoms. The Morgan fingerprint density at radius 3 is 2.52 bits per heavy atom. The van der Waals surface area contributed by atoms with Crippen LogP contribution in [0.2, 0.25) is 0 Å². The molecule has 1 heterocycles. The predicted molar refractivity (Wildman–Crippen MR) is 105 cm³/mol. The molecule has 3 rings (SSSR count). The Hall–Kier alpha value is -2.87. The first-order chi connectivity index (χ1) is 13.8. The Labute approximate surface area is 170 Å². The second-order valence-electron chi connectivity index (χ2n) is 6.48. The van der Waals surface area contributed by atoms with Crippen molar-refractivity contribution >= 4 is 17.2 Å². The maximum absolute atomic E-state index is 12.6. The fourth-order valence-corrected chi connectivity index (χ4v) is 3.60. The molecule has 0 aliphatic carbocycles. The van der Waals surface area contributed by atoms with Gasteiger partial charge in [0.1, 0.15) is 5.75 Å². The van der Waals surface area contributed by atoms with Gasteiger partial charge in [0.15, 0.2) is 0 Å². The van der Waals surface area contributed by atoms with Crippen LogP contribution in [0.3, 0.4) is 0 Å². The summed E-state index contributed by atoms with van der Waals surface area (Å²) in [7, 11) is 1.55. The van der Waals surface area contributed by atoms with Crippen molar-refractivity contribution in [2.45, 2.75) is 25.7 Å². The highest BCUT2D eigenvalue weighted by atomic mass is 32.1. The lowest BCUT2D eigenvalue weighted by molar-refractivity contribution is -0.275. The van der Waals surface area contributed by atoms with E-state index < -0.39 is 6.36 Å². The van der Waals surface area contributed by atoms with Gasteiger partial charge in [-0.1, -0.05) is 48.5 Å². The summed E-state index contributed by atoms with van der Waals surface area (Å²) < 4.78 is 41.7. The average Bonchev–Trinajstić information content (AvgIpc) is 3.09. The van der Waals surface area contributed by atoms with Gasteiger partial charge in [0.2, 0.25) is 5.91 Å². The molecule has 0 aliphatic rings. The molecule has 0 unspecified atom stereocenters. The van der Waals surface area contributed by atoms with Gasteiger partial charge < -0.3 is 9.64 Å². The summed E-state index contributed by atoms with van der Waals surface area (Å²) in [6.07, 6.45) is -4.00. The molecule has 0 saturated heterocycles. The van der Waals surface area contributed by atoms with Crippen molar-refractivity contribution in [3.05, 3.63) is 81.8 Å². The van der Waals surface area contributed by atoms with E-state index in [2.05, 4.69) is 9.72 Å². The average molecular weight is 420 g/mol. The van der Waals surface area contributed by atoms with Crippen molar-refractivity contribution in [1.29, 1.82) is 0 Å². The summed E-state index contributed by atoms with van der Waals surface area (Å²) >= 11 is 1.48. The van der Waals surface area contributed by atoms with Crippen molar-refractivity contribution in [3.8, 4) is 5.75 Å². The van der Waals surface area contributed by atoms with E-state index in [4.69, 9.17) is 0 Å². The fraction of sp³-hybridized carbons (Fsp3) is 0.238. The number of likely N-dealkylation sites (N-methyl/N-ethyl adjacent to an activating group) is 1. The van der Waals surface area contributed by atoms with Gasteiger partial charge in [-0.05, 0) is 11.6 Å². The number of carbonyl (C=O) groups excluding carboxylic acids is 1. The summed E-state index contributed by atoms with van der Waals surface area (Å²) in [6.45, 7) is 0.00605. The number of ether oxygens (including phenoxy) is 1. The molecule has 0 radical (unpaired) electrons. The third-order valence-corrected chi connectivity index (χ3v) is 5.06. The Morgan fingerprint density at radius 2 is 1.79 bits per heavy atom. The smallest absolute Gasteiger partial charge is 0.405 e. The summed E-state index contributed by atoms with van der Waals surface area (Å²) in [6, 6.07) is 15.7. The van der Waals surface area contributed by atoms with E-state index in [9.17, 15) is 18.0 Å². The second-order valence-corrected chi connectivity index (χ2v) is 7.42. The minimum atomic E-state index is -4.78. The molecule has 1 amide bonds. The Balaban J connectivity index is 1.60. The van der Waals surface area contributed by atoms with Crippen LogP contribution >= 0.6 is 11.3 Å². The molecule has 3 aromatic rings. The zero-order valence-electron chi connectivity index (χ0n) is 15.6. The van der Waals surface area contributed by atoms with Gasteiger partial charge in [0.25, 0.3) is 0 Å². The molecular formula is C21H19F3N2O2S. The Kier molecular flexibility index (Phi) is 6.53. The summed E-state index contributed by atoms with van der Waals surface area (Å²) in [4.78, 5) is 18.4. The van der Waals surface area contributed by atoms with E-state index in [0.717, 1.165) is 10.6 Å². The molecule has 8 heteroatoms. The largest absolute Gasteiger partial charge is 0.573 e. The van der Waals surface area contributed by atoms with Crippen molar-refractivity contribution in [2.24, 2.45) is 0 Å². The quantitative estimate of drug-likeness (QED) is 0.550. The number of thiazole rings is 1. The van der Waals surface area contributed by atoms with Crippen LogP contribution in [-0.2, 0) is 24.2 Å². The summed E-state index contributed by atoms with van der Waals surface area (Å²) in [5, 5.41) is 2.75. The summed E-state index contributed by atoms with van der Waals surface area (Å²) in [5.74, 6) is -0.540. The van der Waals surface area contributed by atoms with E-state index in [1.807, 2.05) is 35.7 Å². The van der Waals surface area contributed by atoms with E-state index in [0.29, 0.717) is 12.1 Å². The molecule has 1 aromatic heterocycles. The number of hydrogen-bond acceptors (Lipinski definition) is 4. The highest BCUT2D eigenvalue weighted by Crippen LogP contribution is 2.27. The van der Waals surface area contributed by atoms with Crippen LogP contribution in [0.25, 0.3) is 0 Å². The molecule has 152 valence electrons.